The van der Waals surface area contributed by atoms with Crippen molar-refractivity contribution in [2.45, 2.75) is 78.5 Å². The lowest BCUT2D eigenvalue weighted by molar-refractivity contribution is -0.149. The Balaban J connectivity index is 1.52. The van der Waals surface area contributed by atoms with Crippen LogP contribution < -0.4 is 10.1 Å². The van der Waals surface area contributed by atoms with E-state index in [0.717, 1.165) is 40.2 Å². The molecule has 182 valence electrons. The minimum Gasteiger partial charge on any atom is -0.487 e. The Hall–Kier alpha value is -3.13. The van der Waals surface area contributed by atoms with Crippen LogP contribution in [0.1, 0.15) is 55.8 Å². The summed E-state index contributed by atoms with van der Waals surface area (Å²) >= 11 is 0. The highest BCUT2D eigenvalue weighted by Crippen LogP contribution is 2.32. The number of carbonyl (C=O) groups is 2. The molecule has 34 heavy (non-hydrogen) atoms. The van der Waals surface area contributed by atoms with Crippen LogP contribution in [0.4, 0.5) is 4.79 Å². The molecule has 0 spiro atoms. The third kappa shape index (κ3) is 5.50. The molecule has 8 nitrogen and oxygen atoms in total. The first-order chi connectivity index (χ1) is 16.3. The molecule has 2 aromatic rings. The molecule has 2 atom stereocenters. The van der Waals surface area contributed by atoms with Gasteiger partial charge in [0.1, 0.15) is 18.4 Å². The fourth-order valence-corrected chi connectivity index (χ4v) is 4.35. The topological polar surface area (TPSA) is 90.0 Å². The number of pyridine rings is 1. The number of benzene rings is 1. The van der Waals surface area contributed by atoms with Crippen molar-refractivity contribution in [1.29, 1.82) is 0 Å². The van der Waals surface area contributed by atoms with Gasteiger partial charge in [-0.15, -0.1) is 0 Å². The van der Waals surface area contributed by atoms with E-state index in [1.807, 2.05) is 30.3 Å². The van der Waals surface area contributed by atoms with E-state index in [1.54, 1.807) is 25.7 Å². The number of nitrogens with zero attached hydrogens (tertiary/aromatic N) is 2. The predicted octanol–water partition coefficient (Wildman–Crippen LogP) is 3.53. The van der Waals surface area contributed by atoms with Gasteiger partial charge >= 0.3 is 12.0 Å². The first-order valence-corrected chi connectivity index (χ1v) is 11.9. The van der Waals surface area contributed by atoms with E-state index in [4.69, 9.17) is 19.2 Å². The van der Waals surface area contributed by atoms with Gasteiger partial charge in [0.2, 0.25) is 0 Å². The molecule has 0 saturated carbocycles. The van der Waals surface area contributed by atoms with Gasteiger partial charge in [-0.25, -0.2) is 9.59 Å². The quantitative estimate of drug-likeness (QED) is 0.654. The Bertz CT molecular complexity index is 1040. The molecule has 0 bridgehead atoms. The molecule has 8 heteroatoms. The Kier molecular flexibility index (Phi) is 7.36. The van der Waals surface area contributed by atoms with E-state index in [-0.39, 0.29) is 18.2 Å². The fraction of sp³-hybridized carbons (Fsp3) is 0.500. The van der Waals surface area contributed by atoms with Crippen LogP contribution >= 0.6 is 0 Å². The molecule has 2 aliphatic rings. The SMILES string of the molecule is CC(C)OC(=O)[C@H](C)NC(=O)N1CCc2nc(COc3ccccc3)c3c(c2C1)CO[C@@H](C)C3. The van der Waals surface area contributed by atoms with E-state index < -0.39 is 12.0 Å². The summed E-state index contributed by atoms with van der Waals surface area (Å²) in [5, 5.41) is 2.76. The molecular formula is C26H33N3O5. The number of para-hydroxylation sites is 1. The summed E-state index contributed by atoms with van der Waals surface area (Å²) in [5.41, 5.74) is 5.24. The Morgan fingerprint density at radius 1 is 1.18 bits per heavy atom. The summed E-state index contributed by atoms with van der Waals surface area (Å²) in [6, 6.07) is 8.73. The first-order valence-electron chi connectivity index (χ1n) is 11.9. The summed E-state index contributed by atoms with van der Waals surface area (Å²) in [4.78, 5) is 31.7. The van der Waals surface area contributed by atoms with Crippen molar-refractivity contribution < 1.29 is 23.8 Å². The van der Waals surface area contributed by atoms with E-state index in [1.165, 1.54) is 0 Å². The maximum absolute atomic E-state index is 12.9. The smallest absolute Gasteiger partial charge is 0.328 e. The molecular weight excluding hydrogens is 434 g/mol. The number of esters is 1. The van der Waals surface area contributed by atoms with Crippen LogP contribution in [0, 0.1) is 0 Å². The number of carbonyl (C=O) groups excluding carboxylic acids is 2. The van der Waals surface area contributed by atoms with Crippen molar-refractivity contribution in [2.75, 3.05) is 6.54 Å². The second kappa shape index (κ2) is 10.4. The van der Waals surface area contributed by atoms with Crippen LogP contribution in [0.3, 0.4) is 0 Å². The zero-order valence-corrected chi connectivity index (χ0v) is 20.3. The van der Waals surface area contributed by atoms with Gasteiger partial charge in [0.05, 0.1) is 24.5 Å². The van der Waals surface area contributed by atoms with Gasteiger partial charge in [0, 0.05) is 31.6 Å². The zero-order chi connectivity index (χ0) is 24.2. The maximum atomic E-state index is 12.9. The number of hydrogen-bond acceptors (Lipinski definition) is 6. The molecule has 0 unspecified atom stereocenters. The molecule has 0 radical (unpaired) electrons. The van der Waals surface area contributed by atoms with E-state index in [2.05, 4.69) is 12.2 Å². The number of urea groups is 1. The summed E-state index contributed by atoms with van der Waals surface area (Å²) in [7, 11) is 0. The highest BCUT2D eigenvalue weighted by Gasteiger charge is 2.31. The number of amides is 2. The molecule has 3 heterocycles. The van der Waals surface area contributed by atoms with Gasteiger partial charge in [-0.1, -0.05) is 18.2 Å². The molecule has 2 amide bonds. The van der Waals surface area contributed by atoms with E-state index in [0.29, 0.717) is 32.7 Å². The van der Waals surface area contributed by atoms with Gasteiger partial charge in [0.25, 0.3) is 0 Å². The van der Waals surface area contributed by atoms with Crippen LogP contribution in [0.5, 0.6) is 5.75 Å². The zero-order valence-electron chi connectivity index (χ0n) is 20.3. The number of rotatable bonds is 6. The number of aromatic nitrogens is 1. The van der Waals surface area contributed by atoms with Crippen LogP contribution in [0.2, 0.25) is 0 Å². The normalized spacial score (nSPS) is 18.0. The second-order valence-electron chi connectivity index (χ2n) is 9.20. The highest BCUT2D eigenvalue weighted by atomic mass is 16.5. The van der Waals surface area contributed by atoms with Gasteiger partial charge < -0.3 is 24.4 Å². The maximum Gasteiger partial charge on any atom is 0.328 e. The van der Waals surface area contributed by atoms with Crippen molar-refractivity contribution in [2.24, 2.45) is 0 Å². The van der Waals surface area contributed by atoms with E-state index >= 15 is 0 Å². The summed E-state index contributed by atoms with van der Waals surface area (Å²) in [5.74, 6) is 0.370. The molecule has 0 fully saturated rings. The Morgan fingerprint density at radius 3 is 2.68 bits per heavy atom. The minimum absolute atomic E-state index is 0.0960. The third-order valence-corrected chi connectivity index (χ3v) is 6.12. The molecule has 1 N–H and O–H groups in total. The number of hydrogen-bond donors (Lipinski definition) is 1. The highest BCUT2D eigenvalue weighted by molar-refractivity contribution is 5.83. The van der Waals surface area contributed by atoms with Crippen molar-refractivity contribution in [3.63, 3.8) is 0 Å². The fourth-order valence-electron chi connectivity index (χ4n) is 4.35. The van der Waals surface area contributed by atoms with Gasteiger partial charge in [-0.3, -0.25) is 4.98 Å². The Morgan fingerprint density at radius 2 is 1.94 bits per heavy atom. The first kappa shape index (κ1) is 24.0. The van der Waals surface area contributed by atoms with Gasteiger partial charge in [-0.2, -0.15) is 0 Å². The van der Waals surface area contributed by atoms with Gasteiger partial charge in [0.15, 0.2) is 0 Å². The van der Waals surface area contributed by atoms with E-state index in [9.17, 15) is 9.59 Å². The van der Waals surface area contributed by atoms with Crippen LogP contribution in [-0.2, 0) is 46.9 Å². The molecule has 0 saturated heterocycles. The van der Waals surface area contributed by atoms with Crippen LogP contribution in [0.25, 0.3) is 0 Å². The van der Waals surface area contributed by atoms with Crippen molar-refractivity contribution in [3.8, 4) is 5.75 Å². The van der Waals surface area contributed by atoms with Crippen molar-refractivity contribution in [1.82, 2.24) is 15.2 Å². The molecule has 2 aliphatic heterocycles. The molecule has 4 rings (SSSR count). The molecule has 1 aromatic carbocycles. The summed E-state index contributed by atoms with van der Waals surface area (Å²) in [6.07, 6.45) is 1.26. The molecule has 1 aromatic heterocycles. The van der Waals surface area contributed by atoms with Gasteiger partial charge in [-0.05, 0) is 56.5 Å². The Labute approximate surface area is 200 Å². The minimum atomic E-state index is -0.718. The lowest BCUT2D eigenvalue weighted by Crippen LogP contribution is -2.49. The monoisotopic (exact) mass is 467 g/mol. The lowest BCUT2D eigenvalue weighted by Gasteiger charge is -2.34. The third-order valence-electron chi connectivity index (χ3n) is 6.12. The number of nitrogens with one attached hydrogen (secondary N) is 1. The number of ether oxygens (including phenoxy) is 3. The second-order valence-corrected chi connectivity index (χ2v) is 9.20. The molecule has 0 aliphatic carbocycles. The lowest BCUT2D eigenvalue weighted by atomic mass is 9.90. The van der Waals surface area contributed by atoms with Crippen molar-refractivity contribution >= 4 is 12.0 Å². The summed E-state index contributed by atoms with van der Waals surface area (Å²) in [6.45, 7) is 9.10. The standard InChI is InChI=1S/C26H33N3O5/c1-16(2)34-25(30)18(4)27-26(31)29-11-10-23-21(13-29)22-14-32-17(3)12-20(22)24(28-23)15-33-19-8-6-5-7-9-19/h5-9,16-18H,10-15H2,1-4H3,(H,27,31)/t17-,18-/m0/s1. The number of fused-ring (bicyclic) bond motifs is 3. The van der Waals surface area contributed by atoms with Crippen LogP contribution in [-0.4, -0.2) is 46.7 Å². The van der Waals surface area contributed by atoms with Crippen molar-refractivity contribution in [3.05, 3.63) is 58.4 Å². The summed E-state index contributed by atoms with van der Waals surface area (Å²) < 4.78 is 17.2. The van der Waals surface area contributed by atoms with Crippen LogP contribution in [0.15, 0.2) is 30.3 Å². The average Bonchev–Trinajstić information content (AvgIpc) is 2.82. The average molecular weight is 468 g/mol. The predicted molar refractivity (Wildman–Crippen MR) is 126 cm³/mol. The largest absolute Gasteiger partial charge is 0.487 e.